The summed E-state index contributed by atoms with van der Waals surface area (Å²) in [6.07, 6.45) is 2.65. The first-order valence-electron chi connectivity index (χ1n) is 8.11. The zero-order valence-electron chi connectivity index (χ0n) is 13.3. The Morgan fingerprint density at radius 2 is 2.33 bits per heavy atom. The van der Waals surface area contributed by atoms with Crippen LogP contribution in [0.3, 0.4) is 0 Å². The number of fused-ring (bicyclic) bond motifs is 1. The Balaban J connectivity index is 1.68. The van der Waals surface area contributed by atoms with Gasteiger partial charge in [0, 0.05) is 18.3 Å². The van der Waals surface area contributed by atoms with E-state index in [0.29, 0.717) is 6.04 Å². The van der Waals surface area contributed by atoms with Gasteiger partial charge in [0.25, 0.3) is 0 Å². The smallest absolute Gasteiger partial charge is 0.104 e. The maximum atomic E-state index is 4.45. The van der Waals surface area contributed by atoms with Crippen molar-refractivity contribution in [3.05, 3.63) is 24.0 Å². The monoisotopic (exact) mass is 286 g/mol. The molecule has 1 saturated heterocycles. The van der Waals surface area contributed by atoms with Gasteiger partial charge in [0.1, 0.15) is 5.82 Å². The number of aryl methyl sites for hydroxylation is 1. The van der Waals surface area contributed by atoms with Crippen LogP contribution in [0.25, 0.3) is 11.0 Å². The van der Waals surface area contributed by atoms with Gasteiger partial charge in [-0.3, -0.25) is 0 Å². The number of piperidine rings is 1. The number of aromatic nitrogens is 2. The van der Waals surface area contributed by atoms with E-state index < -0.39 is 0 Å². The summed E-state index contributed by atoms with van der Waals surface area (Å²) in [6.45, 7) is 10.2. The van der Waals surface area contributed by atoms with Crippen LogP contribution in [0, 0.1) is 12.8 Å². The molecule has 2 aromatic rings. The first-order chi connectivity index (χ1) is 10.2. The maximum Gasteiger partial charge on any atom is 0.104 e. The fourth-order valence-corrected chi connectivity index (χ4v) is 3.39. The highest BCUT2D eigenvalue weighted by Crippen LogP contribution is 2.24. The molecule has 1 fully saturated rings. The Labute approximate surface area is 126 Å². The van der Waals surface area contributed by atoms with Crippen molar-refractivity contribution >= 4 is 16.7 Å². The summed E-state index contributed by atoms with van der Waals surface area (Å²) in [7, 11) is 0. The highest BCUT2D eigenvalue weighted by molar-refractivity contribution is 5.79. The molecule has 0 saturated carbocycles. The molecular weight excluding hydrogens is 260 g/mol. The summed E-state index contributed by atoms with van der Waals surface area (Å²) < 4.78 is 0. The van der Waals surface area contributed by atoms with E-state index in [4.69, 9.17) is 0 Å². The van der Waals surface area contributed by atoms with Crippen LogP contribution in [0.15, 0.2) is 18.2 Å². The Morgan fingerprint density at radius 3 is 3.14 bits per heavy atom. The van der Waals surface area contributed by atoms with Crippen LogP contribution in [0.1, 0.15) is 32.5 Å². The van der Waals surface area contributed by atoms with E-state index in [1.807, 2.05) is 6.92 Å². The van der Waals surface area contributed by atoms with Gasteiger partial charge in [-0.05, 0) is 63.9 Å². The topological polar surface area (TPSA) is 44.0 Å². The first kappa shape index (κ1) is 14.4. The largest absolute Gasteiger partial charge is 0.382 e. The molecule has 0 spiro atoms. The second-order valence-corrected chi connectivity index (χ2v) is 6.28. The summed E-state index contributed by atoms with van der Waals surface area (Å²) in [4.78, 5) is 10.3. The van der Waals surface area contributed by atoms with Gasteiger partial charge in [-0.1, -0.05) is 6.92 Å². The van der Waals surface area contributed by atoms with Gasteiger partial charge in [0.15, 0.2) is 0 Å². The SMILES string of the molecule is CCN1CCCC(C(C)Nc2ccc3nc(C)[nH]c3c2)C1. The number of nitrogens with zero attached hydrogens (tertiary/aromatic N) is 2. The number of nitrogens with one attached hydrogen (secondary N) is 2. The minimum Gasteiger partial charge on any atom is -0.382 e. The van der Waals surface area contributed by atoms with Gasteiger partial charge in [-0.2, -0.15) is 0 Å². The second kappa shape index (κ2) is 6.06. The van der Waals surface area contributed by atoms with Gasteiger partial charge < -0.3 is 15.2 Å². The van der Waals surface area contributed by atoms with E-state index in [1.165, 1.54) is 38.2 Å². The number of likely N-dealkylation sites (tertiary alicyclic amines) is 1. The number of rotatable bonds is 4. The van der Waals surface area contributed by atoms with Crippen LogP contribution < -0.4 is 5.32 Å². The quantitative estimate of drug-likeness (QED) is 0.905. The average molecular weight is 286 g/mol. The molecule has 2 heterocycles. The van der Waals surface area contributed by atoms with E-state index in [9.17, 15) is 0 Å². The Hall–Kier alpha value is -1.55. The lowest BCUT2D eigenvalue weighted by Crippen LogP contribution is -2.41. The number of imidazole rings is 1. The summed E-state index contributed by atoms with van der Waals surface area (Å²) in [5.41, 5.74) is 3.34. The fraction of sp³-hybridized carbons (Fsp3) is 0.588. The Bertz CT molecular complexity index is 604. The normalized spacial score (nSPS) is 21.6. The summed E-state index contributed by atoms with van der Waals surface area (Å²) in [5, 5.41) is 3.68. The van der Waals surface area contributed by atoms with Crippen molar-refractivity contribution in [1.82, 2.24) is 14.9 Å². The molecule has 0 amide bonds. The van der Waals surface area contributed by atoms with Crippen LogP contribution in [0.4, 0.5) is 5.69 Å². The van der Waals surface area contributed by atoms with Crippen LogP contribution in [0.2, 0.25) is 0 Å². The number of aromatic amines is 1. The molecule has 0 radical (unpaired) electrons. The van der Waals surface area contributed by atoms with Gasteiger partial charge >= 0.3 is 0 Å². The van der Waals surface area contributed by atoms with Crippen molar-refractivity contribution in [2.24, 2.45) is 5.92 Å². The lowest BCUT2D eigenvalue weighted by molar-refractivity contribution is 0.172. The molecular formula is C17H26N4. The molecule has 0 bridgehead atoms. The predicted molar refractivity (Wildman–Crippen MR) is 88.8 cm³/mol. The molecule has 0 aliphatic carbocycles. The van der Waals surface area contributed by atoms with E-state index in [0.717, 1.165) is 22.8 Å². The third-order valence-electron chi connectivity index (χ3n) is 4.69. The Kier molecular flexibility index (Phi) is 4.15. The molecule has 3 rings (SSSR count). The molecule has 1 aromatic heterocycles. The fourth-order valence-electron chi connectivity index (χ4n) is 3.39. The molecule has 2 atom stereocenters. The van der Waals surface area contributed by atoms with Crippen molar-refractivity contribution in [3.63, 3.8) is 0 Å². The van der Waals surface area contributed by atoms with Gasteiger partial charge in [0.2, 0.25) is 0 Å². The van der Waals surface area contributed by atoms with Crippen molar-refractivity contribution in [1.29, 1.82) is 0 Å². The van der Waals surface area contributed by atoms with E-state index >= 15 is 0 Å². The van der Waals surface area contributed by atoms with Gasteiger partial charge in [0.05, 0.1) is 11.0 Å². The van der Waals surface area contributed by atoms with Gasteiger partial charge in [-0.15, -0.1) is 0 Å². The lowest BCUT2D eigenvalue weighted by Gasteiger charge is -2.35. The van der Waals surface area contributed by atoms with E-state index in [1.54, 1.807) is 0 Å². The molecule has 114 valence electrons. The highest BCUT2D eigenvalue weighted by atomic mass is 15.1. The van der Waals surface area contributed by atoms with Gasteiger partial charge in [-0.25, -0.2) is 4.98 Å². The number of H-pyrrole nitrogens is 1. The zero-order valence-corrected chi connectivity index (χ0v) is 13.3. The number of anilines is 1. The molecule has 2 unspecified atom stereocenters. The molecule has 1 aliphatic rings. The minimum atomic E-state index is 0.501. The van der Waals surface area contributed by atoms with E-state index in [-0.39, 0.29) is 0 Å². The van der Waals surface area contributed by atoms with Crippen molar-refractivity contribution in [3.8, 4) is 0 Å². The highest BCUT2D eigenvalue weighted by Gasteiger charge is 2.23. The molecule has 4 nitrogen and oxygen atoms in total. The first-order valence-corrected chi connectivity index (χ1v) is 8.11. The third kappa shape index (κ3) is 3.21. The summed E-state index contributed by atoms with van der Waals surface area (Å²) in [6, 6.07) is 6.90. The van der Waals surface area contributed by atoms with Crippen LogP contribution in [-0.4, -0.2) is 40.5 Å². The molecule has 4 heteroatoms. The van der Waals surface area contributed by atoms with Crippen LogP contribution in [0.5, 0.6) is 0 Å². The number of hydrogen-bond acceptors (Lipinski definition) is 3. The Morgan fingerprint density at radius 1 is 1.48 bits per heavy atom. The number of hydrogen-bond donors (Lipinski definition) is 2. The van der Waals surface area contributed by atoms with E-state index in [2.05, 4.69) is 52.2 Å². The third-order valence-corrected chi connectivity index (χ3v) is 4.69. The van der Waals surface area contributed by atoms with Crippen molar-refractivity contribution in [2.45, 2.75) is 39.7 Å². The van der Waals surface area contributed by atoms with Crippen molar-refractivity contribution < 1.29 is 0 Å². The maximum absolute atomic E-state index is 4.45. The minimum absolute atomic E-state index is 0.501. The van der Waals surface area contributed by atoms with Crippen LogP contribution >= 0.6 is 0 Å². The summed E-state index contributed by atoms with van der Waals surface area (Å²) in [5.74, 6) is 1.71. The average Bonchev–Trinajstić information content (AvgIpc) is 2.86. The second-order valence-electron chi connectivity index (χ2n) is 6.28. The standard InChI is InChI=1S/C17H26N4/c1-4-21-9-5-6-14(11-21)12(2)18-15-7-8-16-17(10-15)20-13(3)19-16/h7-8,10,12,14,18H,4-6,9,11H2,1-3H3,(H,19,20). The predicted octanol–water partition coefficient (Wildman–Crippen LogP) is 3.40. The molecule has 1 aliphatic heterocycles. The number of benzene rings is 1. The lowest BCUT2D eigenvalue weighted by atomic mass is 9.91. The van der Waals surface area contributed by atoms with Crippen molar-refractivity contribution in [2.75, 3.05) is 25.0 Å². The summed E-state index contributed by atoms with van der Waals surface area (Å²) >= 11 is 0. The zero-order chi connectivity index (χ0) is 14.8. The molecule has 21 heavy (non-hydrogen) atoms. The molecule has 2 N–H and O–H groups in total. The molecule has 1 aromatic carbocycles. The van der Waals surface area contributed by atoms with Crippen LogP contribution in [-0.2, 0) is 0 Å².